The molecule has 0 unspecified atom stereocenters. The summed E-state index contributed by atoms with van der Waals surface area (Å²) < 4.78 is 1.11. The van der Waals surface area contributed by atoms with Crippen LogP contribution in [0.25, 0.3) is 0 Å². The van der Waals surface area contributed by atoms with Crippen LogP contribution < -0.4 is 0 Å². The minimum absolute atomic E-state index is 0. The van der Waals surface area contributed by atoms with Crippen LogP contribution in [0.2, 0.25) is 0 Å². The van der Waals surface area contributed by atoms with E-state index in [-0.39, 0.29) is 32.7 Å². The van der Waals surface area contributed by atoms with Crippen LogP contribution in [-0.4, -0.2) is 31.2 Å². The molecule has 0 bridgehead atoms. The van der Waals surface area contributed by atoms with E-state index in [2.05, 4.69) is 27.5 Å². The van der Waals surface area contributed by atoms with Crippen LogP contribution in [0.4, 0.5) is 0 Å². The molecule has 0 aromatic heterocycles. The van der Waals surface area contributed by atoms with Crippen molar-refractivity contribution in [3.8, 4) is 0 Å². The fourth-order valence-electron chi connectivity index (χ4n) is 0.793. The Labute approximate surface area is 90.0 Å². The zero-order chi connectivity index (χ0) is 7.33. The molecular weight excluding hydrogens is 199 g/mol. The SMILES string of the molecule is C=CC[N+](C)(CC)CC.[Y]. The Morgan fingerprint density at radius 3 is 1.80 bits per heavy atom. The Hall–Kier alpha value is 0.804. The molecule has 0 aliphatic carbocycles. The van der Waals surface area contributed by atoms with Gasteiger partial charge in [0.05, 0.1) is 26.7 Å². The van der Waals surface area contributed by atoms with Crippen molar-refractivity contribution in [2.75, 3.05) is 26.7 Å². The van der Waals surface area contributed by atoms with Crippen molar-refractivity contribution < 1.29 is 37.2 Å². The van der Waals surface area contributed by atoms with Crippen molar-refractivity contribution in [2.45, 2.75) is 13.8 Å². The van der Waals surface area contributed by atoms with Gasteiger partial charge in [-0.1, -0.05) is 6.58 Å². The first-order valence-electron chi connectivity index (χ1n) is 3.63. The number of hydrogen-bond acceptors (Lipinski definition) is 0. The van der Waals surface area contributed by atoms with Crippen LogP contribution in [-0.2, 0) is 32.7 Å². The zero-order valence-corrected chi connectivity index (χ0v) is 10.3. The summed E-state index contributed by atoms with van der Waals surface area (Å²) in [5, 5.41) is 0. The molecule has 0 saturated carbocycles. The van der Waals surface area contributed by atoms with Gasteiger partial charge in [-0.05, 0) is 19.9 Å². The predicted molar refractivity (Wildman–Crippen MR) is 42.3 cm³/mol. The Morgan fingerprint density at radius 2 is 1.70 bits per heavy atom. The van der Waals surface area contributed by atoms with Crippen LogP contribution in [0.3, 0.4) is 0 Å². The van der Waals surface area contributed by atoms with E-state index in [0.717, 1.165) is 11.0 Å². The first-order valence-corrected chi connectivity index (χ1v) is 3.63. The summed E-state index contributed by atoms with van der Waals surface area (Å²) in [5.41, 5.74) is 0. The molecule has 0 heterocycles. The zero-order valence-electron chi connectivity index (χ0n) is 7.43. The van der Waals surface area contributed by atoms with E-state index in [4.69, 9.17) is 0 Å². The third kappa shape index (κ3) is 4.59. The van der Waals surface area contributed by atoms with Gasteiger partial charge in [0.2, 0.25) is 0 Å². The largest absolute Gasteiger partial charge is 0.323 e. The summed E-state index contributed by atoms with van der Waals surface area (Å²) in [6.07, 6.45) is 1.99. The van der Waals surface area contributed by atoms with Gasteiger partial charge in [0.25, 0.3) is 0 Å². The molecule has 0 atom stereocenters. The summed E-state index contributed by atoms with van der Waals surface area (Å²) in [6.45, 7) is 11.6. The van der Waals surface area contributed by atoms with Crippen molar-refractivity contribution >= 4 is 0 Å². The second-order valence-electron chi connectivity index (χ2n) is 2.72. The van der Waals surface area contributed by atoms with Crippen molar-refractivity contribution in [1.29, 1.82) is 0 Å². The van der Waals surface area contributed by atoms with E-state index in [0.29, 0.717) is 0 Å². The molecule has 0 fully saturated rings. The van der Waals surface area contributed by atoms with Crippen molar-refractivity contribution in [3.05, 3.63) is 12.7 Å². The second kappa shape index (κ2) is 6.51. The normalized spacial score (nSPS) is 10.3. The maximum atomic E-state index is 3.73. The number of rotatable bonds is 4. The summed E-state index contributed by atoms with van der Waals surface area (Å²) in [7, 11) is 2.25. The average molecular weight is 217 g/mol. The molecule has 0 spiro atoms. The molecular formula is C8H18NY+. The minimum atomic E-state index is 0. The van der Waals surface area contributed by atoms with Crippen LogP contribution in [0.15, 0.2) is 12.7 Å². The van der Waals surface area contributed by atoms with Gasteiger partial charge in [0, 0.05) is 32.7 Å². The van der Waals surface area contributed by atoms with Gasteiger partial charge in [-0.3, -0.25) is 0 Å². The maximum Gasteiger partial charge on any atom is 0.0968 e. The maximum absolute atomic E-state index is 3.73. The Bertz CT molecular complexity index is 87.3. The van der Waals surface area contributed by atoms with Gasteiger partial charge in [-0.2, -0.15) is 0 Å². The van der Waals surface area contributed by atoms with Crippen LogP contribution >= 0.6 is 0 Å². The Balaban J connectivity index is 0. The van der Waals surface area contributed by atoms with Crippen molar-refractivity contribution in [1.82, 2.24) is 0 Å². The van der Waals surface area contributed by atoms with Crippen molar-refractivity contribution in [3.63, 3.8) is 0 Å². The topological polar surface area (TPSA) is 0 Å². The van der Waals surface area contributed by atoms with Gasteiger partial charge in [0.15, 0.2) is 0 Å². The van der Waals surface area contributed by atoms with Gasteiger partial charge < -0.3 is 4.48 Å². The Kier molecular flexibility index (Phi) is 8.72. The summed E-state index contributed by atoms with van der Waals surface area (Å²) >= 11 is 0. The molecule has 0 amide bonds. The van der Waals surface area contributed by atoms with E-state index in [1.807, 2.05) is 6.08 Å². The van der Waals surface area contributed by atoms with Gasteiger partial charge in [0.1, 0.15) is 0 Å². The minimum Gasteiger partial charge on any atom is -0.323 e. The predicted octanol–water partition coefficient (Wildman–Crippen LogP) is 1.66. The molecule has 0 rings (SSSR count). The number of hydrogen-bond donors (Lipinski definition) is 0. The van der Waals surface area contributed by atoms with E-state index in [9.17, 15) is 0 Å². The number of likely N-dealkylation sites (N-methyl/N-ethyl adjacent to an activating group) is 1. The third-order valence-electron chi connectivity index (χ3n) is 2.10. The summed E-state index contributed by atoms with van der Waals surface area (Å²) in [4.78, 5) is 0. The van der Waals surface area contributed by atoms with Gasteiger partial charge >= 0.3 is 0 Å². The summed E-state index contributed by atoms with van der Waals surface area (Å²) in [5.74, 6) is 0. The van der Waals surface area contributed by atoms with Gasteiger partial charge in [-0.25, -0.2) is 0 Å². The molecule has 10 heavy (non-hydrogen) atoms. The average Bonchev–Trinajstić information content (AvgIpc) is 1.89. The van der Waals surface area contributed by atoms with E-state index < -0.39 is 0 Å². The number of quaternary nitrogens is 1. The molecule has 0 aromatic rings. The van der Waals surface area contributed by atoms with Gasteiger partial charge in [-0.15, -0.1) is 0 Å². The molecule has 2 heteroatoms. The fraction of sp³-hybridized carbons (Fsp3) is 0.750. The molecule has 1 radical (unpaired) electrons. The van der Waals surface area contributed by atoms with E-state index in [1.54, 1.807) is 0 Å². The molecule has 0 N–H and O–H groups in total. The fourth-order valence-corrected chi connectivity index (χ4v) is 0.793. The Morgan fingerprint density at radius 1 is 1.30 bits per heavy atom. The number of nitrogens with zero attached hydrogens (tertiary/aromatic N) is 1. The van der Waals surface area contributed by atoms with Crippen molar-refractivity contribution in [2.24, 2.45) is 0 Å². The first-order chi connectivity index (χ1) is 4.18. The summed E-state index contributed by atoms with van der Waals surface area (Å²) in [6, 6.07) is 0. The molecule has 57 valence electrons. The molecule has 1 nitrogen and oxygen atoms in total. The molecule has 0 aromatic carbocycles. The van der Waals surface area contributed by atoms with E-state index >= 15 is 0 Å². The quantitative estimate of drug-likeness (QED) is 0.496. The first kappa shape index (κ1) is 13.4. The van der Waals surface area contributed by atoms with Crippen LogP contribution in [0, 0.1) is 0 Å². The monoisotopic (exact) mass is 217 g/mol. The molecule has 0 aliphatic rings. The van der Waals surface area contributed by atoms with E-state index in [1.165, 1.54) is 13.1 Å². The van der Waals surface area contributed by atoms with Crippen LogP contribution in [0.5, 0.6) is 0 Å². The third-order valence-corrected chi connectivity index (χ3v) is 2.10. The second-order valence-corrected chi connectivity index (χ2v) is 2.72. The van der Waals surface area contributed by atoms with Crippen LogP contribution in [0.1, 0.15) is 13.8 Å². The molecule has 0 aliphatic heterocycles. The standard InChI is InChI=1S/C8H18N.Y/c1-5-8-9(4,6-2)7-3;/h5H,1,6-8H2,2-4H3;/q+1;. The smallest absolute Gasteiger partial charge is 0.0968 e. The molecule has 0 saturated heterocycles.